The van der Waals surface area contributed by atoms with E-state index in [0.29, 0.717) is 25.3 Å². The van der Waals surface area contributed by atoms with Crippen LogP contribution in [0.2, 0.25) is 0 Å². The van der Waals surface area contributed by atoms with E-state index in [1.54, 1.807) is 24.3 Å². The van der Waals surface area contributed by atoms with Crippen molar-refractivity contribution in [2.45, 2.75) is 12.6 Å². The van der Waals surface area contributed by atoms with Gasteiger partial charge in [-0.05, 0) is 17.7 Å². The minimum atomic E-state index is -0.699. The molecule has 0 aromatic heterocycles. The monoisotopic (exact) mass is 263 g/mol. The van der Waals surface area contributed by atoms with E-state index in [1.165, 1.54) is 4.90 Å². The van der Waals surface area contributed by atoms with Crippen LogP contribution in [-0.4, -0.2) is 42.5 Å². The van der Waals surface area contributed by atoms with Crippen LogP contribution in [0.4, 0.5) is 0 Å². The van der Waals surface area contributed by atoms with Crippen LogP contribution in [-0.2, 0) is 16.1 Å². The maximum absolute atomic E-state index is 12.3. The van der Waals surface area contributed by atoms with E-state index in [4.69, 9.17) is 16.2 Å². The van der Waals surface area contributed by atoms with Gasteiger partial charge in [-0.15, -0.1) is 0 Å². The van der Waals surface area contributed by atoms with Gasteiger partial charge < -0.3 is 21.1 Å². The molecule has 4 N–H and O–H groups in total. The Morgan fingerprint density at radius 1 is 1.32 bits per heavy atom. The molecule has 0 saturated carbocycles. The van der Waals surface area contributed by atoms with Gasteiger partial charge in [0.05, 0.1) is 13.2 Å². The number of nitrogens with two attached hydrogens (primary N) is 2. The van der Waals surface area contributed by atoms with Crippen LogP contribution >= 0.6 is 0 Å². The zero-order valence-corrected chi connectivity index (χ0v) is 10.5. The topological polar surface area (TPSA) is 98.7 Å². The molecule has 19 heavy (non-hydrogen) atoms. The lowest BCUT2D eigenvalue weighted by molar-refractivity contribution is -0.127. The second kappa shape index (κ2) is 5.81. The maximum atomic E-state index is 12.3. The Kier molecular flexibility index (Phi) is 4.13. The summed E-state index contributed by atoms with van der Waals surface area (Å²) in [5, 5.41) is 0. The number of hydrogen-bond acceptors (Lipinski definition) is 4. The van der Waals surface area contributed by atoms with Gasteiger partial charge in [-0.1, -0.05) is 12.1 Å². The summed E-state index contributed by atoms with van der Waals surface area (Å²) in [6, 6.07) is 6.31. The number of ether oxygens (including phenoxy) is 1. The minimum Gasteiger partial charge on any atom is -0.377 e. The molecule has 1 aromatic carbocycles. The van der Waals surface area contributed by atoms with Crippen molar-refractivity contribution in [3.05, 3.63) is 35.4 Å². The van der Waals surface area contributed by atoms with Gasteiger partial charge in [0.15, 0.2) is 0 Å². The van der Waals surface area contributed by atoms with E-state index < -0.39 is 11.9 Å². The van der Waals surface area contributed by atoms with Crippen molar-refractivity contribution in [2.24, 2.45) is 11.5 Å². The molecule has 1 aliphatic rings. The van der Waals surface area contributed by atoms with Crippen molar-refractivity contribution in [3.8, 4) is 0 Å². The Morgan fingerprint density at radius 3 is 2.58 bits per heavy atom. The molecular formula is C13H17N3O3. The number of amides is 2. The fourth-order valence-electron chi connectivity index (χ4n) is 2.03. The number of morpholine rings is 1. The number of hydrogen-bond donors (Lipinski definition) is 2. The molecule has 1 atom stereocenters. The van der Waals surface area contributed by atoms with Gasteiger partial charge >= 0.3 is 0 Å². The summed E-state index contributed by atoms with van der Waals surface area (Å²) in [6.45, 7) is 1.36. The Morgan fingerprint density at radius 2 is 2.00 bits per heavy atom. The lowest BCUT2D eigenvalue weighted by atomic mass is 10.1. The van der Waals surface area contributed by atoms with E-state index in [1.807, 2.05) is 0 Å². The van der Waals surface area contributed by atoms with E-state index in [-0.39, 0.29) is 12.5 Å². The molecule has 0 spiro atoms. The highest BCUT2D eigenvalue weighted by Gasteiger charge is 2.31. The van der Waals surface area contributed by atoms with E-state index >= 15 is 0 Å². The van der Waals surface area contributed by atoms with Crippen molar-refractivity contribution in [1.82, 2.24) is 4.90 Å². The van der Waals surface area contributed by atoms with Gasteiger partial charge in [-0.2, -0.15) is 0 Å². The van der Waals surface area contributed by atoms with E-state index in [0.717, 1.165) is 5.56 Å². The molecule has 1 aliphatic heterocycles. The largest absolute Gasteiger partial charge is 0.377 e. The van der Waals surface area contributed by atoms with E-state index in [2.05, 4.69) is 0 Å². The number of carbonyl (C=O) groups is 2. The van der Waals surface area contributed by atoms with Crippen molar-refractivity contribution in [2.75, 3.05) is 19.8 Å². The third kappa shape index (κ3) is 2.91. The van der Waals surface area contributed by atoms with Crippen molar-refractivity contribution in [1.29, 1.82) is 0 Å². The fourth-order valence-corrected chi connectivity index (χ4v) is 2.03. The highest BCUT2D eigenvalue weighted by Crippen LogP contribution is 2.13. The summed E-state index contributed by atoms with van der Waals surface area (Å²) >= 11 is 0. The number of benzene rings is 1. The SMILES string of the molecule is NCc1ccc(C(=O)N2CCOCC2C(N)=O)cc1. The third-order valence-corrected chi connectivity index (χ3v) is 3.15. The average Bonchev–Trinajstić information content (AvgIpc) is 2.46. The first-order chi connectivity index (χ1) is 9.13. The average molecular weight is 263 g/mol. The quantitative estimate of drug-likeness (QED) is 0.766. The molecule has 1 saturated heterocycles. The Balaban J connectivity index is 2.18. The van der Waals surface area contributed by atoms with Crippen molar-refractivity contribution < 1.29 is 14.3 Å². The Bertz CT molecular complexity index is 473. The number of nitrogens with zero attached hydrogens (tertiary/aromatic N) is 1. The number of rotatable bonds is 3. The van der Waals surface area contributed by atoms with Gasteiger partial charge in [-0.25, -0.2) is 0 Å². The second-order valence-electron chi connectivity index (χ2n) is 4.39. The predicted molar refractivity (Wildman–Crippen MR) is 69.2 cm³/mol. The molecule has 0 bridgehead atoms. The van der Waals surface area contributed by atoms with Crippen LogP contribution in [0, 0.1) is 0 Å². The number of primary amides is 1. The van der Waals surface area contributed by atoms with Crippen LogP contribution in [0.15, 0.2) is 24.3 Å². The standard InChI is InChI=1S/C13H17N3O3/c14-7-9-1-3-10(4-2-9)13(18)16-5-6-19-8-11(16)12(15)17/h1-4,11H,5-8,14H2,(H2,15,17). The summed E-state index contributed by atoms with van der Waals surface area (Å²) < 4.78 is 5.18. The highest BCUT2D eigenvalue weighted by atomic mass is 16.5. The molecule has 102 valence electrons. The zero-order valence-electron chi connectivity index (χ0n) is 10.5. The first-order valence-corrected chi connectivity index (χ1v) is 6.10. The van der Waals surface area contributed by atoms with Crippen LogP contribution in [0.25, 0.3) is 0 Å². The first-order valence-electron chi connectivity index (χ1n) is 6.10. The lowest BCUT2D eigenvalue weighted by Gasteiger charge is -2.33. The molecule has 1 aromatic rings. The van der Waals surface area contributed by atoms with E-state index in [9.17, 15) is 9.59 Å². The molecule has 2 rings (SSSR count). The summed E-state index contributed by atoms with van der Waals surface area (Å²) in [5.74, 6) is -0.762. The lowest BCUT2D eigenvalue weighted by Crippen LogP contribution is -2.54. The molecular weight excluding hydrogens is 246 g/mol. The van der Waals surface area contributed by atoms with Gasteiger partial charge in [-0.3, -0.25) is 9.59 Å². The van der Waals surface area contributed by atoms with Crippen molar-refractivity contribution in [3.63, 3.8) is 0 Å². The summed E-state index contributed by atoms with van der Waals surface area (Å²) in [7, 11) is 0. The molecule has 1 fully saturated rings. The molecule has 1 unspecified atom stereocenters. The van der Waals surface area contributed by atoms with Gasteiger partial charge in [0.25, 0.3) is 5.91 Å². The highest BCUT2D eigenvalue weighted by molar-refractivity contribution is 5.97. The Labute approximate surface area is 111 Å². The predicted octanol–water partition coefficient (Wildman–Crippen LogP) is -0.528. The Hall–Kier alpha value is -1.92. The van der Waals surface area contributed by atoms with Crippen LogP contribution in [0.1, 0.15) is 15.9 Å². The van der Waals surface area contributed by atoms with Crippen LogP contribution in [0.3, 0.4) is 0 Å². The normalized spacial score (nSPS) is 19.2. The van der Waals surface area contributed by atoms with Gasteiger partial charge in [0.2, 0.25) is 5.91 Å². The second-order valence-corrected chi connectivity index (χ2v) is 4.39. The fraction of sp³-hybridized carbons (Fsp3) is 0.385. The van der Waals surface area contributed by atoms with Gasteiger partial charge in [0, 0.05) is 18.7 Å². The molecule has 2 amide bonds. The summed E-state index contributed by atoms with van der Waals surface area (Å²) in [5.41, 5.74) is 12.3. The maximum Gasteiger partial charge on any atom is 0.254 e. The summed E-state index contributed by atoms with van der Waals surface area (Å²) in [6.07, 6.45) is 0. The zero-order chi connectivity index (χ0) is 13.8. The number of carbonyl (C=O) groups excluding carboxylic acids is 2. The molecule has 0 aliphatic carbocycles. The van der Waals surface area contributed by atoms with Gasteiger partial charge in [0.1, 0.15) is 6.04 Å². The first kappa shape index (κ1) is 13.5. The smallest absolute Gasteiger partial charge is 0.254 e. The van der Waals surface area contributed by atoms with Crippen LogP contribution < -0.4 is 11.5 Å². The molecule has 6 heteroatoms. The minimum absolute atomic E-state index is 0.155. The molecule has 1 heterocycles. The van der Waals surface area contributed by atoms with Crippen molar-refractivity contribution >= 4 is 11.8 Å². The molecule has 0 radical (unpaired) electrons. The van der Waals surface area contributed by atoms with Crippen LogP contribution in [0.5, 0.6) is 0 Å². The molecule has 6 nitrogen and oxygen atoms in total. The third-order valence-electron chi connectivity index (χ3n) is 3.15. The summed E-state index contributed by atoms with van der Waals surface area (Å²) in [4.78, 5) is 25.1.